The van der Waals surface area contributed by atoms with Crippen molar-refractivity contribution >= 4 is 38.6 Å². The molecule has 0 saturated heterocycles. The SMILES string of the molecule is CC1(C)c2ccccc2C2(c3ccccc3-c3c(N(c4ccc5ccccc5c4)c4ccc5ccccc5c4)cccc32)c2ccccc21. The predicted octanol–water partition coefficient (Wildman–Crippen LogP) is 12.5. The molecule has 0 N–H and O–H groups in total. The fourth-order valence-electron chi connectivity index (χ4n) is 9.13. The lowest BCUT2D eigenvalue weighted by Crippen LogP contribution is -2.40. The van der Waals surface area contributed by atoms with E-state index in [0.717, 1.165) is 11.4 Å². The lowest BCUT2D eigenvalue weighted by atomic mass is 9.55. The fraction of sp³-hybridized carbons (Fsp3) is 0.0833. The van der Waals surface area contributed by atoms with Gasteiger partial charge in [0.25, 0.3) is 0 Å². The van der Waals surface area contributed by atoms with E-state index in [4.69, 9.17) is 0 Å². The maximum Gasteiger partial charge on any atom is 0.0720 e. The van der Waals surface area contributed by atoms with Gasteiger partial charge in [-0.15, -0.1) is 0 Å². The minimum atomic E-state index is -0.441. The second-order valence-corrected chi connectivity index (χ2v) is 14.1. The first kappa shape index (κ1) is 28.1. The highest BCUT2D eigenvalue weighted by Gasteiger charge is 2.53. The quantitative estimate of drug-likeness (QED) is 0.189. The summed E-state index contributed by atoms with van der Waals surface area (Å²) in [5.41, 5.74) is 13.7. The first-order chi connectivity index (χ1) is 24.1. The lowest BCUT2D eigenvalue weighted by molar-refractivity contribution is 0.563. The highest BCUT2D eigenvalue weighted by atomic mass is 15.1. The van der Waals surface area contributed by atoms with Crippen LogP contribution in [0.25, 0.3) is 32.7 Å². The van der Waals surface area contributed by atoms with Crippen LogP contribution in [0.1, 0.15) is 47.2 Å². The molecule has 49 heavy (non-hydrogen) atoms. The van der Waals surface area contributed by atoms with Gasteiger partial charge in [-0.3, -0.25) is 0 Å². The summed E-state index contributed by atoms with van der Waals surface area (Å²) in [6.45, 7) is 4.77. The van der Waals surface area contributed by atoms with Gasteiger partial charge >= 0.3 is 0 Å². The van der Waals surface area contributed by atoms with E-state index in [1.54, 1.807) is 0 Å². The van der Waals surface area contributed by atoms with E-state index in [9.17, 15) is 0 Å². The van der Waals surface area contributed by atoms with Crippen LogP contribution in [-0.4, -0.2) is 0 Å². The molecule has 2 aliphatic carbocycles. The molecule has 10 rings (SSSR count). The molecule has 8 aromatic rings. The van der Waals surface area contributed by atoms with Crippen LogP contribution in [0.4, 0.5) is 17.1 Å². The smallest absolute Gasteiger partial charge is 0.0720 e. The number of anilines is 3. The zero-order chi connectivity index (χ0) is 32.7. The molecule has 0 amide bonds. The van der Waals surface area contributed by atoms with E-state index in [1.165, 1.54) is 71.7 Å². The molecule has 0 heterocycles. The van der Waals surface area contributed by atoms with E-state index in [2.05, 4.69) is 195 Å². The molecular formula is C48H35N. The van der Waals surface area contributed by atoms with Crippen LogP contribution >= 0.6 is 0 Å². The van der Waals surface area contributed by atoms with Crippen molar-refractivity contribution < 1.29 is 0 Å². The molecule has 232 valence electrons. The van der Waals surface area contributed by atoms with Crippen molar-refractivity contribution in [1.82, 2.24) is 0 Å². The molecule has 1 spiro atoms. The Morgan fingerprint density at radius 2 is 0.816 bits per heavy atom. The minimum Gasteiger partial charge on any atom is -0.310 e. The van der Waals surface area contributed by atoms with Crippen LogP contribution in [0.2, 0.25) is 0 Å². The van der Waals surface area contributed by atoms with Gasteiger partial charge in [0, 0.05) is 22.4 Å². The van der Waals surface area contributed by atoms with Gasteiger partial charge in [-0.1, -0.05) is 159 Å². The Bertz CT molecular complexity index is 2480. The molecule has 8 aromatic carbocycles. The second-order valence-electron chi connectivity index (χ2n) is 14.1. The Kier molecular flexibility index (Phi) is 5.91. The molecule has 0 saturated carbocycles. The van der Waals surface area contributed by atoms with E-state index >= 15 is 0 Å². The zero-order valence-electron chi connectivity index (χ0n) is 27.7. The third-order valence-corrected chi connectivity index (χ3v) is 11.3. The summed E-state index contributed by atoms with van der Waals surface area (Å²) in [6, 6.07) is 65.6. The topological polar surface area (TPSA) is 3.24 Å². The molecule has 0 unspecified atom stereocenters. The fourth-order valence-corrected chi connectivity index (χ4v) is 9.13. The van der Waals surface area contributed by atoms with Gasteiger partial charge in [-0.2, -0.15) is 0 Å². The third-order valence-electron chi connectivity index (χ3n) is 11.3. The Labute approximate surface area is 287 Å². The Hall–Kier alpha value is -5.92. The van der Waals surface area contributed by atoms with Gasteiger partial charge in [-0.05, 0) is 90.8 Å². The van der Waals surface area contributed by atoms with Crippen molar-refractivity contribution in [3.8, 4) is 11.1 Å². The highest BCUT2D eigenvalue weighted by molar-refractivity contribution is 6.00. The van der Waals surface area contributed by atoms with Crippen LogP contribution in [-0.2, 0) is 10.8 Å². The summed E-state index contributed by atoms with van der Waals surface area (Å²) >= 11 is 0. The molecule has 1 heteroatoms. The van der Waals surface area contributed by atoms with Gasteiger partial charge in [0.15, 0.2) is 0 Å². The van der Waals surface area contributed by atoms with Gasteiger partial charge in [-0.25, -0.2) is 0 Å². The molecule has 0 bridgehead atoms. The zero-order valence-corrected chi connectivity index (χ0v) is 27.7. The van der Waals surface area contributed by atoms with E-state index in [-0.39, 0.29) is 5.41 Å². The van der Waals surface area contributed by atoms with Crippen molar-refractivity contribution in [2.75, 3.05) is 4.90 Å². The number of nitrogens with zero attached hydrogens (tertiary/aromatic N) is 1. The van der Waals surface area contributed by atoms with Crippen LogP contribution in [0.5, 0.6) is 0 Å². The first-order valence-corrected chi connectivity index (χ1v) is 17.3. The summed E-state index contributed by atoms with van der Waals surface area (Å²) in [6.07, 6.45) is 0. The van der Waals surface area contributed by atoms with Gasteiger partial charge in [0.05, 0.1) is 11.1 Å². The average molecular weight is 626 g/mol. The predicted molar refractivity (Wildman–Crippen MR) is 206 cm³/mol. The van der Waals surface area contributed by atoms with E-state index in [0.29, 0.717) is 0 Å². The van der Waals surface area contributed by atoms with Gasteiger partial charge in [0.1, 0.15) is 0 Å². The van der Waals surface area contributed by atoms with Crippen molar-refractivity contribution in [2.45, 2.75) is 24.7 Å². The van der Waals surface area contributed by atoms with E-state index < -0.39 is 5.41 Å². The van der Waals surface area contributed by atoms with E-state index in [1.807, 2.05) is 0 Å². The molecular weight excluding hydrogens is 591 g/mol. The summed E-state index contributed by atoms with van der Waals surface area (Å²) in [4.78, 5) is 2.48. The second kappa shape index (κ2) is 10.3. The first-order valence-electron chi connectivity index (χ1n) is 17.3. The summed E-state index contributed by atoms with van der Waals surface area (Å²) in [5.74, 6) is 0. The molecule has 0 aliphatic heterocycles. The highest BCUT2D eigenvalue weighted by Crippen LogP contribution is 2.64. The average Bonchev–Trinajstić information content (AvgIpc) is 3.46. The third kappa shape index (κ3) is 3.82. The van der Waals surface area contributed by atoms with Gasteiger partial charge < -0.3 is 4.90 Å². The maximum atomic E-state index is 2.48. The van der Waals surface area contributed by atoms with Crippen molar-refractivity contribution in [2.24, 2.45) is 0 Å². The Morgan fingerprint density at radius 1 is 0.367 bits per heavy atom. The summed E-state index contributed by atoms with van der Waals surface area (Å²) < 4.78 is 0. The maximum absolute atomic E-state index is 2.48. The molecule has 0 radical (unpaired) electrons. The van der Waals surface area contributed by atoms with Crippen LogP contribution in [0.3, 0.4) is 0 Å². The molecule has 1 nitrogen and oxygen atoms in total. The normalized spacial score (nSPS) is 14.7. The van der Waals surface area contributed by atoms with Crippen molar-refractivity contribution in [3.63, 3.8) is 0 Å². The van der Waals surface area contributed by atoms with Gasteiger partial charge in [0.2, 0.25) is 0 Å². The summed E-state index contributed by atoms with van der Waals surface area (Å²) in [5, 5.41) is 4.94. The standard InChI is InChI=1S/C48H35N/c1-47(2)40-20-9-11-22-42(40)48(43-23-12-10-21-41(43)47)39-19-8-7-18-38(39)46-44(48)24-13-25-45(46)49(36-28-26-32-14-3-5-16-34(32)30-36)37-29-27-33-15-4-6-17-35(33)31-37/h3-31H,1-2H3. The number of fused-ring (bicyclic) bond motifs is 11. The molecule has 0 aromatic heterocycles. The summed E-state index contributed by atoms with van der Waals surface area (Å²) in [7, 11) is 0. The van der Waals surface area contributed by atoms with Crippen LogP contribution in [0, 0.1) is 0 Å². The van der Waals surface area contributed by atoms with Crippen molar-refractivity contribution in [1.29, 1.82) is 0 Å². The van der Waals surface area contributed by atoms with Crippen molar-refractivity contribution in [3.05, 3.63) is 209 Å². The number of hydrogen-bond donors (Lipinski definition) is 0. The Balaban J connectivity index is 1.32. The van der Waals surface area contributed by atoms with Crippen LogP contribution < -0.4 is 4.90 Å². The lowest BCUT2D eigenvalue weighted by Gasteiger charge is -2.46. The molecule has 0 fully saturated rings. The molecule has 2 aliphatic rings. The largest absolute Gasteiger partial charge is 0.310 e. The number of rotatable bonds is 3. The number of hydrogen-bond acceptors (Lipinski definition) is 1. The Morgan fingerprint density at radius 3 is 1.39 bits per heavy atom. The monoisotopic (exact) mass is 625 g/mol. The van der Waals surface area contributed by atoms with Crippen LogP contribution in [0.15, 0.2) is 176 Å². The minimum absolute atomic E-state index is 0.129. The number of benzene rings is 8. The molecule has 0 atom stereocenters.